The Morgan fingerprint density at radius 3 is 2.17 bits per heavy atom. The number of rotatable bonds is 2. The Morgan fingerprint density at radius 2 is 1.52 bits per heavy atom. The molecular formula is C15H11BrIN3O2S. The minimum atomic E-state index is -0.376. The van der Waals surface area contributed by atoms with Gasteiger partial charge in [0.2, 0.25) is 0 Å². The Labute approximate surface area is 160 Å². The van der Waals surface area contributed by atoms with Crippen LogP contribution in [0.15, 0.2) is 53.0 Å². The highest BCUT2D eigenvalue weighted by atomic mass is 127. The molecule has 23 heavy (non-hydrogen) atoms. The zero-order valence-corrected chi connectivity index (χ0v) is 16.2. The Balaban J connectivity index is 1.91. The van der Waals surface area contributed by atoms with Gasteiger partial charge in [0.25, 0.3) is 11.8 Å². The van der Waals surface area contributed by atoms with Crippen LogP contribution in [0.1, 0.15) is 20.7 Å². The Kier molecular flexibility index (Phi) is 6.48. The number of hydrazine groups is 1. The van der Waals surface area contributed by atoms with Crippen LogP contribution in [0.5, 0.6) is 0 Å². The lowest BCUT2D eigenvalue weighted by Gasteiger charge is -2.12. The van der Waals surface area contributed by atoms with E-state index in [0.29, 0.717) is 15.6 Å². The van der Waals surface area contributed by atoms with Crippen LogP contribution in [0.3, 0.4) is 0 Å². The van der Waals surface area contributed by atoms with E-state index in [1.165, 1.54) is 0 Å². The first-order chi connectivity index (χ1) is 11.0. The van der Waals surface area contributed by atoms with Crippen molar-refractivity contribution < 1.29 is 9.59 Å². The van der Waals surface area contributed by atoms with Crippen molar-refractivity contribution in [2.24, 2.45) is 0 Å². The van der Waals surface area contributed by atoms with Gasteiger partial charge in [0.1, 0.15) is 0 Å². The number of halogens is 2. The SMILES string of the molecule is O=C(NC(=S)NNC(=O)c1ccccc1I)c1ccccc1Br. The maximum Gasteiger partial charge on any atom is 0.270 e. The lowest BCUT2D eigenvalue weighted by atomic mass is 10.2. The average Bonchev–Trinajstić information content (AvgIpc) is 2.53. The van der Waals surface area contributed by atoms with E-state index in [1.54, 1.807) is 36.4 Å². The molecule has 0 saturated heterocycles. The number of nitrogens with one attached hydrogen (secondary N) is 3. The summed E-state index contributed by atoms with van der Waals surface area (Å²) in [6.45, 7) is 0. The molecular weight excluding hydrogens is 493 g/mol. The van der Waals surface area contributed by atoms with E-state index < -0.39 is 0 Å². The molecule has 2 rings (SSSR count). The van der Waals surface area contributed by atoms with Crippen molar-refractivity contribution in [1.29, 1.82) is 0 Å². The predicted molar refractivity (Wildman–Crippen MR) is 104 cm³/mol. The third-order valence-electron chi connectivity index (χ3n) is 2.75. The van der Waals surface area contributed by atoms with Gasteiger partial charge in [0, 0.05) is 8.04 Å². The number of carbonyl (C=O) groups is 2. The van der Waals surface area contributed by atoms with Gasteiger partial charge in [-0.05, 0) is 75.0 Å². The minimum absolute atomic E-state index is 0.00467. The molecule has 0 spiro atoms. The second kappa shape index (κ2) is 8.37. The summed E-state index contributed by atoms with van der Waals surface area (Å²) in [5.41, 5.74) is 5.92. The number of thiocarbonyl (C=S) groups is 1. The number of amides is 2. The summed E-state index contributed by atoms with van der Waals surface area (Å²) in [7, 11) is 0. The molecule has 0 heterocycles. The molecule has 0 aliphatic carbocycles. The van der Waals surface area contributed by atoms with Crippen LogP contribution < -0.4 is 16.2 Å². The first-order valence-corrected chi connectivity index (χ1v) is 8.68. The molecule has 0 radical (unpaired) electrons. The molecule has 0 aliphatic heterocycles. The summed E-state index contributed by atoms with van der Waals surface area (Å²) in [6.07, 6.45) is 0. The lowest BCUT2D eigenvalue weighted by molar-refractivity contribution is 0.0933. The fraction of sp³-hybridized carbons (Fsp3) is 0. The van der Waals surface area contributed by atoms with Crippen LogP contribution in [-0.4, -0.2) is 16.9 Å². The van der Waals surface area contributed by atoms with E-state index >= 15 is 0 Å². The molecule has 3 N–H and O–H groups in total. The van der Waals surface area contributed by atoms with Gasteiger partial charge in [0.05, 0.1) is 11.1 Å². The van der Waals surface area contributed by atoms with Crippen LogP contribution in [0.4, 0.5) is 0 Å². The van der Waals surface area contributed by atoms with Crippen molar-refractivity contribution in [2.45, 2.75) is 0 Å². The third kappa shape index (κ3) is 4.98. The Bertz CT molecular complexity index is 770. The molecule has 2 aromatic rings. The minimum Gasteiger partial charge on any atom is -0.298 e. The zero-order chi connectivity index (χ0) is 16.8. The van der Waals surface area contributed by atoms with Gasteiger partial charge >= 0.3 is 0 Å². The normalized spacial score (nSPS) is 9.83. The summed E-state index contributed by atoms with van der Waals surface area (Å²) >= 11 is 10.4. The van der Waals surface area contributed by atoms with Gasteiger partial charge in [-0.3, -0.25) is 25.8 Å². The summed E-state index contributed by atoms with van der Waals surface area (Å²) in [4.78, 5) is 24.1. The van der Waals surface area contributed by atoms with Gasteiger partial charge in [-0.1, -0.05) is 24.3 Å². The summed E-state index contributed by atoms with van der Waals surface area (Å²) in [5.74, 6) is -0.717. The van der Waals surface area contributed by atoms with Crippen molar-refractivity contribution in [2.75, 3.05) is 0 Å². The first-order valence-electron chi connectivity index (χ1n) is 6.40. The van der Waals surface area contributed by atoms with E-state index in [0.717, 1.165) is 3.57 Å². The number of benzene rings is 2. The molecule has 5 nitrogen and oxygen atoms in total. The molecule has 8 heteroatoms. The number of hydrogen-bond donors (Lipinski definition) is 3. The van der Waals surface area contributed by atoms with Crippen molar-refractivity contribution in [3.8, 4) is 0 Å². The van der Waals surface area contributed by atoms with Crippen molar-refractivity contribution >= 4 is 67.7 Å². The topological polar surface area (TPSA) is 70.2 Å². The fourth-order valence-corrected chi connectivity index (χ4v) is 2.91. The van der Waals surface area contributed by atoms with Crippen LogP contribution in [0.25, 0.3) is 0 Å². The highest BCUT2D eigenvalue weighted by Gasteiger charge is 2.12. The van der Waals surface area contributed by atoms with Gasteiger partial charge in [-0.25, -0.2) is 0 Å². The number of carbonyl (C=O) groups excluding carboxylic acids is 2. The Hall–Kier alpha value is -1.52. The molecule has 0 aromatic heterocycles. The highest BCUT2D eigenvalue weighted by molar-refractivity contribution is 14.1. The molecule has 2 amide bonds. The zero-order valence-electron chi connectivity index (χ0n) is 11.6. The molecule has 0 saturated carbocycles. The summed E-state index contributed by atoms with van der Waals surface area (Å²) in [5, 5.41) is 2.50. The standard InChI is InChI=1S/C15H11BrIN3O2S/c16-11-7-3-1-5-9(11)13(21)18-15(23)20-19-14(22)10-6-2-4-8-12(10)17/h1-8H,(H,19,22)(H2,18,20,21,23). The molecule has 118 valence electrons. The van der Waals surface area contributed by atoms with Gasteiger partial charge in [-0.15, -0.1) is 0 Å². The monoisotopic (exact) mass is 503 g/mol. The van der Waals surface area contributed by atoms with Crippen LogP contribution in [0, 0.1) is 3.57 Å². The maximum absolute atomic E-state index is 12.1. The van der Waals surface area contributed by atoms with E-state index in [4.69, 9.17) is 12.2 Å². The quantitative estimate of drug-likeness (QED) is 0.335. The van der Waals surface area contributed by atoms with Crippen LogP contribution in [-0.2, 0) is 0 Å². The van der Waals surface area contributed by atoms with Crippen molar-refractivity contribution in [3.05, 3.63) is 67.7 Å². The van der Waals surface area contributed by atoms with Crippen LogP contribution in [0.2, 0.25) is 0 Å². The largest absolute Gasteiger partial charge is 0.298 e. The average molecular weight is 504 g/mol. The second-order valence-electron chi connectivity index (χ2n) is 4.32. The smallest absolute Gasteiger partial charge is 0.270 e. The molecule has 2 aromatic carbocycles. The van der Waals surface area contributed by atoms with E-state index in [2.05, 4.69) is 54.7 Å². The summed E-state index contributed by atoms with van der Waals surface area (Å²) in [6, 6.07) is 14.1. The lowest BCUT2D eigenvalue weighted by Crippen LogP contribution is -2.48. The maximum atomic E-state index is 12.1. The van der Waals surface area contributed by atoms with Gasteiger partial charge in [0.15, 0.2) is 5.11 Å². The fourth-order valence-electron chi connectivity index (χ4n) is 1.67. The van der Waals surface area contributed by atoms with E-state index in [9.17, 15) is 9.59 Å². The predicted octanol–water partition coefficient (Wildman–Crippen LogP) is 3.00. The first kappa shape index (κ1) is 17.8. The van der Waals surface area contributed by atoms with Crippen molar-refractivity contribution in [1.82, 2.24) is 16.2 Å². The van der Waals surface area contributed by atoms with Crippen LogP contribution >= 0.6 is 50.7 Å². The molecule has 0 aliphatic rings. The second-order valence-corrected chi connectivity index (χ2v) is 6.75. The molecule has 0 bridgehead atoms. The van der Waals surface area contributed by atoms with E-state index in [1.807, 2.05) is 12.1 Å². The Morgan fingerprint density at radius 1 is 0.913 bits per heavy atom. The van der Waals surface area contributed by atoms with Crippen molar-refractivity contribution in [3.63, 3.8) is 0 Å². The summed E-state index contributed by atoms with van der Waals surface area (Å²) < 4.78 is 1.47. The van der Waals surface area contributed by atoms with Gasteiger partial charge < -0.3 is 0 Å². The van der Waals surface area contributed by atoms with Gasteiger partial charge in [-0.2, -0.15) is 0 Å². The third-order valence-corrected chi connectivity index (χ3v) is 4.59. The molecule has 0 fully saturated rings. The van der Waals surface area contributed by atoms with E-state index in [-0.39, 0.29) is 16.9 Å². The molecule has 0 unspecified atom stereocenters. The molecule has 0 atom stereocenters. The number of hydrogen-bond acceptors (Lipinski definition) is 3. The highest BCUT2D eigenvalue weighted by Crippen LogP contribution is 2.15.